The zero-order valence-electron chi connectivity index (χ0n) is 10.3. The van der Waals surface area contributed by atoms with E-state index in [1.807, 2.05) is 0 Å². The maximum atomic E-state index is 5.96. The van der Waals surface area contributed by atoms with E-state index in [2.05, 4.69) is 13.8 Å². The van der Waals surface area contributed by atoms with Crippen molar-refractivity contribution in [2.45, 2.75) is 77.6 Å². The summed E-state index contributed by atoms with van der Waals surface area (Å²) < 4.78 is 11.6. The summed E-state index contributed by atoms with van der Waals surface area (Å²) in [6.45, 7) is 5.33. The van der Waals surface area contributed by atoms with Gasteiger partial charge in [0.2, 0.25) is 0 Å². The number of unbranched alkanes of at least 4 members (excludes halogenated alkanes) is 2. The van der Waals surface area contributed by atoms with Crippen LogP contribution in [0, 0.1) is 0 Å². The van der Waals surface area contributed by atoms with Crippen molar-refractivity contribution in [1.82, 2.24) is 0 Å². The van der Waals surface area contributed by atoms with Crippen LogP contribution in [-0.2, 0) is 9.47 Å². The molecule has 1 saturated heterocycles. The molecule has 0 aromatic heterocycles. The summed E-state index contributed by atoms with van der Waals surface area (Å²) in [6.07, 6.45) is 10.3. The van der Waals surface area contributed by atoms with E-state index in [4.69, 9.17) is 9.47 Å². The summed E-state index contributed by atoms with van der Waals surface area (Å²) in [5.41, 5.74) is 0. The van der Waals surface area contributed by atoms with E-state index in [-0.39, 0.29) is 6.29 Å². The third-order valence-electron chi connectivity index (χ3n) is 3.07. The van der Waals surface area contributed by atoms with Crippen molar-refractivity contribution < 1.29 is 9.47 Å². The van der Waals surface area contributed by atoms with Gasteiger partial charge in [0.05, 0.1) is 6.10 Å². The van der Waals surface area contributed by atoms with Crippen LogP contribution >= 0.6 is 0 Å². The van der Waals surface area contributed by atoms with Crippen LogP contribution in [0.5, 0.6) is 0 Å². The summed E-state index contributed by atoms with van der Waals surface area (Å²) >= 11 is 0. The monoisotopic (exact) mass is 214 g/mol. The van der Waals surface area contributed by atoms with Crippen LogP contribution in [0.15, 0.2) is 0 Å². The van der Waals surface area contributed by atoms with Gasteiger partial charge in [-0.3, -0.25) is 0 Å². The van der Waals surface area contributed by atoms with E-state index in [1.54, 1.807) is 0 Å². The molecule has 1 aliphatic rings. The Kier molecular flexibility index (Phi) is 7.03. The Morgan fingerprint density at radius 2 is 2.13 bits per heavy atom. The summed E-state index contributed by atoms with van der Waals surface area (Å²) in [7, 11) is 0. The zero-order valence-corrected chi connectivity index (χ0v) is 10.3. The minimum absolute atomic E-state index is 0.0883. The van der Waals surface area contributed by atoms with Gasteiger partial charge in [0, 0.05) is 6.61 Å². The molecule has 1 aliphatic heterocycles. The molecule has 0 saturated carbocycles. The molecule has 2 heteroatoms. The predicted molar refractivity (Wildman–Crippen MR) is 62.9 cm³/mol. The Morgan fingerprint density at radius 1 is 1.27 bits per heavy atom. The summed E-state index contributed by atoms with van der Waals surface area (Å²) in [5, 5.41) is 0. The molecule has 1 unspecified atom stereocenters. The Hall–Kier alpha value is -0.0800. The van der Waals surface area contributed by atoms with Crippen LogP contribution in [0.25, 0.3) is 0 Å². The highest BCUT2D eigenvalue weighted by atomic mass is 16.7. The first-order valence-corrected chi connectivity index (χ1v) is 6.63. The molecule has 0 aromatic rings. The summed E-state index contributed by atoms with van der Waals surface area (Å²) in [5.74, 6) is 0. The summed E-state index contributed by atoms with van der Waals surface area (Å²) in [4.78, 5) is 0. The molecule has 0 N–H and O–H groups in total. The Balaban J connectivity index is 2.13. The maximum Gasteiger partial charge on any atom is 0.157 e. The predicted octanol–water partition coefficient (Wildman–Crippen LogP) is 3.89. The van der Waals surface area contributed by atoms with Gasteiger partial charge in [0.25, 0.3) is 0 Å². The first kappa shape index (κ1) is 13.0. The number of hydrogen-bond donors (Lipinski definition) is 0. The second-order valence-electron chi connectivity index (χ2n) is 4.46. The molecule has 2 nitrogen and oxygen atoms in total. The van der Waals surface area contributed by atoms with Gasteiger partial charge in [0.1, 0.15) is 0 Å². The molecule has 1 fully saturated rings. The first-order chi connectivity index (χ1) is 7.36. The van der Waals surface area contributed by atoms with E-state index in [1.165, 1.54) is 38.5 Å². The minimum Gasteiger partial charge on any atom is -0.353 e. The van der Waals surface area contributed by atoms with Crippen LogP contribution < -0.4 is 0 Å². The van der Waals surface area contributed by atoms with Crippen molar-refractivity contribution in [2.75, 3.05) is 6.61 Å². The van der Waals surface area contributed by atoms with E-state index in [0.29, 0.717) is 6.10 Å². The molecule has 0 bridgehead atoms. The molecule has 0 aromatic carbocycles. The van der Waals surface area contributed by atoms with E-state index in [9.17, 15) is 0 Å². The topological polar surface area (TPSA) is 18.5 Å². The highest BCUT2D eigenvalue weighted by Gasteiger charge is 2.18. The van der Waals surface area contributed by atoms with Gasteiger partial charge in [-0.25, -0.2) is 0 Å². The molecule has 15 heavy (non-hydrogen) atoms. The fourth-order valence-electron chi connectivity index (χ4n) is 2.02. The number of rotatable bonds is 7. The third-order valence-corrected chi connectivity index (χ3v) is 3.07. The molecular formula is C13H26O2. The molecule has 90 valence electrons. The molecular weight excluding hydrogens is 188 g/mol. The lowest BCUT2D eigenvalue weighted by Crippen LogP contribution is -2.27. The van der Waals surface area contributed by atoms with Crippen LogP contribution in [0.2, 0.25) is 0 Å². The van der Waals surface area contributed by atoms with Gasteiger partial charge in [-0.15, -0.1) is 0 Å². The molecule has 2 atom stereocenters. The molecule has 0 aliphatic carbocycles. The smallest absolute Gasteiger partial charge is 0.157 e. The Bertz CT molecular complexity index is 141. The van der Waals surface area contributed by atoms with E-state index < -0.39 is 0 Å². The minimum atomic E-state index is 0.0883. The van der Waals surface area contributed by atoms with Crippen LogP contribution in [-0.4, -0.2) is 19.0 Å². The molecule has 1 heterocycles. The quantitative estimate of drug-likeness (QED) is 0.599. The third kappa shape index (κ3) is 5.53. The average Bonchev–Trinajstić information content (AvgIpc) is 2.29. The Morgan fingerprint density at radius 3 is 2.73 bits per heavy atom. The second-order valence-corrected chi connectivity index (χ2v) is 4.46. The Labute approximate surface area is 94.3 Å². The van der Waals surface area contributed by atoms with Crippen LogP contribution in [0.3, 0.4) is 0 Å². The van der Waals surface area contributed by atoms with Crippen LogP contribution in [0.4, 0.5) is 0 Å². The molecule has 1 rings (SSSR count). The van der Waals surface area contributed by atoms with Crippen molar-refractivity contribution in [1.29, 1.82) is 0 Å². The summed E-state index contributed by atoms with van der Waals surface area (Å²) in [6, 6.07) is 0. The maximum absolute atomic E-state index is 5.96. The van der Waals surface area contributed by atoms with Gasteiger partial charge in [-0.2, -0.15) is 0 Å². The number of hydrogen-bond acceptors (Lipinski definition) is 2. The molecule has 0 spiro atoms. The lowest BCUT2D eigenvalue weighted by atomic mass is 10.1. The van der Waals surface area contributed by atoms with Crippen molar-refractivity contribution in [2.24, 2.45) is 0 Å². The van der Waals surface area contributed by atoms with Crippen LogP contribution in [0.1, 0.15) is 65.2 Å². The van der Waals surface area contributed by atoms with Crippen molar-refractivity contribution in [3.05, 3.63) is 0 Å². The van der Waals surface area contributed by atoms with Crippen molar-refractivity contribution in [3.8, 4) is 0 Å². The first-order valence-electron chi connectivity index (χ1n) is 6.63. The van der Waals surface area contributed by atoms with Crippen molar-refractivity contribution >= 4 is 0 Å². The SMILES string of the molecule is CCCCC[C@@H](CC)OC1CCCCO1. The lowest BCUT2D eigenvalue weighted by molar-refractivity contribution is -0.189. The highest BCUT2D eigenvalue weighted by molar-refractivity contribution is 4.60. The second kappa shape index (κ2) is 8.12. The normalized spacial score (nSPS) is 24.0. The van der Waals surface area contributed by atoms with Gasteiger partial charge in [-0.05, 0) is 32.1 Å². The fourth-order valence-corrected chi connectivity index (χ4v) is 2.02. The lowest BCUT2D eigenvalue weighted by Gasteiger charge is -2.27. The van der Waals surface area contributed by atoms with Gasteiger partial charge < -0.3 is 9.47 Å². The van der Waals surface area contributed by atoms with E-state index in [0.717, 1.165) is 19.4 Å². The van der Waals surface area contributed by atoms with E-state index >= 15 is 0 Å². The van der Waals surface area contributed by atoms with Gasteiger partial charge in [-0.1, -0.05) is 33.1 Å². The fraction of sp³-hybridized carbons (Fsp3) is 1.00. The van der Waals surface area contributed by atoms with Crippen molar-refractivity contribution in [3.63, 3.8) is 0 Å². The standard InChI is InChI=1S/C13H26O2/c1-3-5-6-9-12(4-2)15-13-10-7-8-11-14-13/h12-13H,3-11H2,1-2H3/t12-,13?/m1/s1. The average molecular weight is 214 g/mol. The van der Waals surface area contributed by atoms with Gasteiger partial charge >= 0.3 is 0 Å². The largest absolute Gasteiger partial charge is 0.353 e. The van der Waals surface area contributed by atoms with Gasteiger partial charge in [0.15, 0.2) is 6.29 Å². The molecule has 0 amide bonds. The molecule has 0 radical (unpaired) electrons. The number of ether oxygens (including phenoxy) is 2. The zero-order chi connectivity index (χ0) is 10.9. The highest BCUT2D eigenvalue weighted by Crippen LogP contribution is 2.19.